The van der Waals surface area contributed by atoms with E-state index in [4.69, 9.17) is 9.47 Å². The van der Waals surface area contributed by atoms with Crippen LogP contribution in [0.4, 0.5) is 10.5 Å². The highest BCUT2D eigenvalue weighted by atomic mass is 79.9. The van der Waals surface area contributed by atoms with Crippen LogP contribution in [0.3, 0.4) is 0 Å². The van der Waals surface area contributed by atoms with E-state index in [1.54, 1.807) is 26.0 Å². The fourth-order valence-corrected chi connectivity index (χ4v) is 4.35. The molecule has 0 aliphatic carbocycles. The third-order valence-electron chi connectivity index (χ3n) is 3.95. The molecule has 132 valence electrons. The Morgan fingerprint density at radius 1 is 1.20 bits per heavy atom. The van der Waals surface area contributed by atoms with Crippen molar-refractivity contribution in [2.75, 3.05) is 31.8 Å². The van der Waals surface area contributed by atoms with E-state index in [0.29, 0.717) is 6.54 Å². The van der Waals surface area contributed by atoms with Crippen LogP contribution in [-0.4, -0.2) is 37.4 Å². The molecule has 2 amide bonds. The first-order valence-corrected chi connectivity index (χ1v) is 9.63. The number of hydrogen-bond donors (Lipinski definition) is 1. The maximum absolute atomic E-state index is 12.8. The fourth-order valence-electron chi connectivity index (χ4n) is 2.70. The first-order chi connectivity index (χ1) is 12.1. The van der Waals surface area contributed by atoms with Crippen molar-refractivity contribution in [3.8, 4) is 11.5 Å². The number of hydrogen-bond acceptors (Lipinski definition) is 4. The first kappa shape index (κ1) is 17.9. The highest BCUT2D eigenvalue weighted by Crippen LogP contribution is 2.43. The van der Waals surface area contributed by atoms with Gasteiger partial charge >= 0.3 is 6.03 Å². The van der Waals surface area contributed by atoms with Gasteiger partial charge in [0, 0.05) is 28.0 Å². The van der Waals surface area contributed by atoms with E-state index in [1.165, 1.54) is 0 Å². The van der Waals surface area contributed by atoms with Crippen molar-refractivity contribution < 1.29 is 14.3 Å². The molecule has 3 rings (SSSR count). The maximum atomic E-state index is 12.8. The van der Waals surface area contributed by atoms with Gasteiger partial charge in [-0.15, -0.1) is 11.8 Å². The number of nitrogens with zero attached hydrogens (tertiary/aromatic N) is 1. The Labute approximate surface area is 159 Å². The van der Waals surface area contributed by atoms with E-state index in [0.717, 1.165) is 33.0 Å². The maximum Gasteiger partial charge on any atom is 0.323 e. The quantitative estimate of drug-likeness (QED) is 0.772. The van der Waals surface area contributed by atoms with Crippen molar-refractivity contribution >= 4 is 39.4 Å². The Morgan fingerprint density at radius 2 is 1.96 bits per heavy atom. The molecule has 0 radical (unpaired) electrons. The van der Waals surface area contributed by atoms with Crippen LogP contribution >= 0.6 is 27.7 Å². The zero-order valence-electron chi connectivity index (χ0n) is 14.0. The standard InChI is InChI=1S/C18H19BrN2O3S/c1-23-14-6-4-13(5-7-14)20-18(22)21-9-10-25-17(21)15-11-12(19)3-8-16(15)24-2/h3-8,11,17H,9-10H2,1-2H3,(H,20,22). The van der Waals surface area contributed by atoms with Gasteiger partial charge in [-0.2, -0.15) is 0 Å². The number of thioether (sulfide) groups is 1. The molecule has 1 heterocycles. The summed E-state index contributed by atoms with van der Waals surface area (Å²) in [5.74, 6) is 2.42. The molecule has 1 fully saturated rings. The summed E-state index contributed by atoms with van der Waals surface area (Å²) in [5, 5.41) is 2.87. The van der Waals surface area contributed by atoms with Crippen LogP contribution in [0.1, 0.15) is 10.9 Å². The summed E-state index contributed by atoms with van der Waals surface area (Å²) in [6.45, 7) is 0.687. The molecule has 1 atom stereocenters. The van der Waals surface area contributed by atoms with Crippen LogP contribution in [0, 0.1) is 0 Å². The number of carbonyl (C=O) groups excluding carboxylic acids is 1. The van der Waals surface area contributed by atoms with Gasteiger partial charge in [0.05, 0.1) is 14.2 Å². The minimum absolute atomic E-state index is 0.0781. The van der Waals surface area contributed by atoms with Gasteiger partial charge in [-0.3, -0.25) is 0 Å². The number of nitrogens with one attached hydrogen (secondary N) is 1. The van der Waals surface area contributed by atoms with E-state index >= 15 is 0 Å². The lowest BCUT2D eigenvalue weighted by Gasteiger charge is -2.26. The summed E-state index contributed by atoms with van der Waals surface area (Å²) < 4.78 is 11.6. The van der Waals surface area contributed by atoms with Crippen molar-refractivity contribution in [2.45, 2.75) is 5.37 Å². The van der Waals surface area contributed by atoms with Gasteiger partial charge in [-0.1, -0.05) is 15.9 Å². The lowest BCUT2D eigenvalue weighted by molar-refractivity contribution is 0.213. The number of anilines is 1. The Morgan fingerprint density at radius 3 is 2.64 bits per heavy atom. The number of amides is 2. The van der Waals surface area contributed by atoms with Crippen LogP contribution < -0.4 is 14.8 Å². The van der Waals surface area contributed by atoms with Gasteiger partial charge in [0.1, 0.15) is 16.9 Å². The lowest BCUT2D eigenvalue weighted by atomic mass is 10.2. The molecule has 5 nitrogen and oxygen atoms in total. The second kappa shape index (κ2) is 8.01. The summed E-state index contributed by atoms with van der Waals surface area (Å²) in [7, 11) is 3.26. The van der Waals surface area contributed by atoms with Gasteiger partial charge < -0.3 is 19.7 Å². The summed E-state index contributed by atoms with van der Waals surface area (Å²) in [5.41, 5.74) is 1.73. The Bertz CT molecular complexity index is 754. The van der Waals surface area contributed by atoms with Crippen molar-refractivity contribution in [1.82, 2.24) is 4.90 Å². The third-order valence-corrected chi connectivity index (χ3v) is 5.69. The van der Waals surface area contributed by atoms with Crippen LogP contribution in [0.2, 0.25) is 0 Å². The van der Waals surface area contributed by atoms with Crippen molar-refractivity contribution in [3.05, 3.63) is 52.5 Å². The van der Waals surface area contributed by atoms with Crippen LogP contribution in [0.25, 0.3) is 0 Å². The molecule has 0 aromatic heterocycles. The number of urea groups is 1. The van der Waals surface area contributed by atoms with Crippen molar-refractivity contribution in [2.24, 2.45) is 0 Å². The average Bonchev–Trinajstić information content (AvgIpc) is 3.12. The zero-order chi connectivity index (χ0) is 17.8. The highest BCUT2D eigenvalue weighted by Gasteiger charge is 2.32. The number of methoxy groups -OCH3 is 2. The number of rotatable bonds is 4. The van der Waals surface area contributed by atoms with Gasteiger partial charge in [-0.05, 0) is 42.5 Å². The van der Waals surface area contributed by atoms with Gasteiger partial charge in [0.15, 0.2) is 0 Å². The molecule has 2 aromatic rings. The van der Waals surface area contributed by atoms with E-state index in [2.05, 4.69) is 21.2 Å². The fraction of sp³-hybridized carbons (Fsp3) is 0.278. The Kier molecular flexibility index (Phi) is 5.75. The predicted molar refractivity (Wildman–Crippen MR) is 105 cm³/mol. The molecule has 2 aromatic carbocycles. The SMILES string of the molecule is COc1ccc(NC(=O)N2CCSC2c2cc(Br)ccc2OC)cc1. The second-order valence-corrected chi connectivity index (χ2v) is 7.57. The molecule has 0 spiro atoms. The first-order valence-electron chi connectivity index (χ1n) is 7.79. The summed E-state index contributed by atoms with van der Waals surface area (Å²) in [4.78, 5) is 14.6. The molecule has 1 aliphatic rings. The summed E-state index contributed by atoms with van der Waals surface area (Å²) in [6.07, 6.45) is 0. The topological polar surface area (TPSA) is 50.8 Å². The second-order valence-electron chi connectivity index (χ2n) is 5.46. The van der Waals surface area contributed by atoms with E-state index < -0.39 is 0 Å². The number of ether oxygens (including phenoxy) is 2. The number of carbonyl (C=O) groups is 1. The largest absolute Gasteiger partial charge is 0.497 e. The van der Waals surface area contributed by atoms with E-state index in [1.807, 2.05) is 47.4 Å². The normalized spacial score (nSPS) is 16.6. The summed E-state index contributed by atoms with van der Waals surface area (Å²) >= 11 is 5.23. The molecule has 1 unspecified atom stereocenters. The molecule has 0 bridgehead atoms. The minimum Gasteiger partial charge on any atom is -0.497 e. The van der Waals surface area contributed by atoms with Crippen LogP contribution in [-0.2, 0) is 0 Å². The molecule has 7 heteroatoms. The molecular weight excluding hydrogens is 404 g/mol. The predicted octanol–water partition coefficient (Wildman–Crippen LogP) is 4.75. The van der Waals surface area contributed by atoms with Crippen molar-refractivity contribution in [1.29, 1.82) is 0 Å². The van der Waals surface area contributed by atoms with Gasteiger partial charge in [-0.25, -0.2) is 4.79 Å². The molecule has 1 aliphatic heterocycles. The molecule has 1 N–H and O–H groups in total. The average molecular weight is 423 g/mol. The van der Waals surface area contributed by atoms with E-state index in [-0.39, 0.29) is 11.4 Å². The van der Waals surface area contributed by atoms with E-state index in [9.17, 15) is 4.79 Å². The molecule has 1 saturated heterocycles. The molecule has 0 saturated carbocycles. The number of benzene rings is 2. The smallest absolute Gasteiger partial charge is 0.323 e. The third kappa shape index (κ3) is 4.04. The summed E-state index contributed by atoms with van der Waals surface area (Å²) in [6, 6.07) is 13.0. The Balaban J connectivity index is 1.78. The molecular formula is C18H19BrN2O3S. The Hall–Kier alpha value is -1.86. The minimum atomic E-state index is -0.123. The molecule has 25 heavy (non-hydrogen) atoms. The van der Waals surface area contributed by atoms with Crippen molar-refractivity contribution in [3.63, 3.8) is 0 Å². The van der Waals surface area contributed by atoms with Gasteiger partial charge in [0.25, 0.3) is 0 Å². The highest BCUT2D eigenvalue weighted by molar-refractivity contribution is 9.10. The van der Waals surface area contributed by atoms with Crippen LogP contribution in [0.5, 0.6) is 11.5 Å². The monoisotopic (exact) mass is 422 g/mol. The van der Waals surface area contributed by atoms with Crippen LogP contribution in [0.15, 0.2) is 46.9 Å². The van der Waals surface area contributed by atoms with Gasteiger partial charge in [0.2, 0.25) is 0 Å². The number of halogens is 1. The lowest BCUT2D eigenvalue weighted by Crippen LogP contribution is -2.34. The zero-order valence-corrected chi connectivity index (χ0v) is 16.4.